The molecular weight excluding hydrogens is 404 g/mol. The van der Waals surface area contributed by atoms with E-state index in [0.717, 1.165) is 26.3 Å². The average Bonchev–Trinajstić information content (AvgIpc) is 3.14. The highest BCUT2D eigenvalue weighted by atomic mass is 35.5. The van der Waals surface area contributed by atoms with E-state index in [0.29, 0.717) is 30.5 Å². The zero-order chi connectivity index (χ0) is 18.9. The Morgan fingerprint density at radius 3 is 3.00 bits per heavy atom. The van der Waals surface area contributed by atoms with Gasteiger partial charge in [0.15, 0.2) is 4.34 Å². The van der Waals surface area contributed by atoms with Crippen LogP contribution in [0.2, 0.25) is 5.02 Å². The van der Waals surface area contributed by atoms with Gasteiger partial charge in [0.2, 0.25) is 5.13 Å². The van der Waals surface area contributed by atoms with Crippen LogP contribution in [0.15, 0.2) is 47.1 Å². The number of nitrogens with one attached hydrogen (secondary N) is 1. The fourth-order valence-corrected chi connectivity index (χ4v) is 4.14. The van der Waals surface area contributed by atoms with Crippen LogP contribution >= 0.6 is 34.7 Å². The fraction of sp³-hybridized carbons (Fsp3) is 0.278. The summed E-state index contributed by atoms with van der Waals surface area (Å²) in [5.74, 6) is 1.49. The first-order valence-corrected chi connectivity index (χ1v) is 10.4. The first-order valence-electron chi connectivity index (χ1n) is 8.24. The van der Waals surface area contributed by atoms with Crippen molar-refractivity contribution >= 4 is 39.8 Å². The molecular formula is C18H19ClN4O2S2. The van der Waals surface area contributed by atoms with E-state index in [1.807, 2.05) is 30.3 Å². The van der Waals surface area contributed by atoms with E-state index in [1.54, 1.807) is 31.3 Å². The van der Waals surface area contributed by atoms with Crippen molar-refractivity contribution in [3.8, 4) is 5.75 Å². The number of methoxy groups -OCH3 is 1. The minimum atomic E-state index is 0.458. The first kappa shape index (κ1) is 19.9. The molecule has 27 heavy (non-hydrogen) atoms. The molecule has 6 nitrogen and oxygen atoms in total. The number of hydrogen-bond acceptors (Lipinski definition) is 8. The Bertz CT molecular complexity index is 848. The second-order valence-electron chi connectivity index (χ2n) is 5.48. The lowest BCUT2D eigenvalue weighted by Gasteiger charge is -2.11. The fourth-order valence-electron chi connectivity index (χ4n) is 2.19. The van der Waals surface area contributed by atoms with Crippen LogP contribution in [0.4, 0.5) is 5.13 Å². The predicted octanol–water partition coefficient (Wildman–Crippen LogP) is 4.52. The van der Waals surface area contributed by atoms with Gasteiger partial charge in [-0.2, -0.15) is 0 Å². The van der Waals surface area contributed by atoms with Crippen LogP contribution < -0.4 is 10.1 Å². The first-order chi connectivity index (χ1) is 13.2. The Balaban J connectivity index is 1.59. The standard InChI is InChI=1S/C18H19ClN4O2S2/c1-24-8-7-21-17-22-23-18(27-17)26-12-14-9-15(19)4-5-16(14)25-11-13-3-2-6-20-10-13/h2-6,9-10H,7-8,11-12H2,1H3,(H,21,22). The number of rotatable bonds is 10. The Hall–Kier alpha value is -1.87. The summed E-state index contributed by atoms with van der Waals surface area (Å²) in [6, 6.07) is 9.52. The number of thioether (sulfide) groups is 1. The van der Waals surface area contributed by atoms with Crippen molar-refractivity contribution in [2.75, 3.05) is 25.6 Å². The van der Waals surface area contributed by atoms with Crippen LogP contribution in [-0.2, 0) is 17.1 Å². The molecule has 0 radical (unpaired) electrons. The van der Waals surface area contributed by atoms with E-state index in [1.165, 1.54) is 11.3 Å². The highest BCUT2D eigenvalue weighted by Gasteiger charge is 2.10. The maximum absolute atomic E-state index is 6.17. The molecule has 1 N–H and O–H groups in total. The van der Waals surface area contributed by atoms with Crippen LogP contribution in [0, 0.1) is 0 Å². The number of nitrogens with zero attached hydrogens (tertiary/aromatic N) is 3. The van der Waals surface area contributed by atoms with Crippen molar-refractivity contribution in [2.45, 2.75) is 16.7 Å². The zero-order valence-electron chi connectivity index (χ0n) is 14.7. The average molecular weight is 423 g/mol. The predicted molar refractivity (Wildman–Crippen MR) is 110 cm³/mol. The van der Waals surface area contributed by atoms with E-state index in [2.05, 4.69) is 20.5 Å². The van der Waals surface area contributed by atoms with Gasteiger partial charge in [0.05, 0.1) is 6.61 Å². The molecule has 3 aromatic rings. The van der Waals surface area contributed by atoms with Crippen LogP contribution in [-0.4, -0.2) is 35.4 Å². The van der Waals surface area contributed by atoms with Crippen molar-refractivity contribution < 1.29 is 9.47 Å². The SMILES string of the molecule is COCCNc1nnc(SCc2cc(Cl)ccc2OCc2cccnc2)s1. The zero-order valence-corrected chi connectivity index (χ0v) is 17.1. The minimum Gasteiger partial charge on any atom is -0.489 e. The summed E-state index contributed by atoms with van der Waals surface area (Å²) in [5.41, 5.74) is 2.03. The van der Waals surface area contributed by atoms with Crippen LogP contribution in [0.1, 0.15) is 11.1 Å². The second-order valence-corrected chi connectivity index (χ2v) is 8.12. The topological polar surface area (TPSA) is 69.2 Å². The summed E-state index contributed by atoms with van der Waals surface area (Å²) in [6.45, 7) is 1.79. The van der Waals surface area contributed by atoms with Crippen molar-refractivity contribution in [3.05, 3.63) is 58.9 Å². The van der Waals surface area contributed by atoms with Gasteiger partial charge >= 0.3 is 0 Å². The number of aromatic nitrogens is 3. The molecule has 0 atom stereocenters. The van der Waals surface area contributed by atoms with Crippen LogP contribution in [0.25, 0.3) is 0 Å². The molecule has 0 aliphatic heterocycles. The number of halogens is 1. The molecule has 0 fully saturated rings. The van der Waals surface area contributed by atoms with Gasteiger partial charge in [-0.3, -0.25) is 4.98 Å². The van der Waals surface area contributed by atoms with Gasteiger partial charge in [-0.05, 0) is 24.3 Å². The third-order valence-electron chi connectivity index (χ3n) is 3.48. The molecule has 2 aromatic heterocycles. The molecule has 0 saturated carbocycles. The Kier molecular flexibility index (Phi) is 7.70. The molecule has 142 valence electrons. The third-order valence-corrected chi connectivity index (χ3v) is 5.78. The molecule has 1 aromatic carbocycles. The van der Waals surface area contributed by atoms with E-state index >= 15 is 0 Å². The summed E-state index contributed by atoms with van der Waals surface area (Å²) in [5, 5.41) is 13.0. The molecule has 0 unspecified atom stereocenters. The smallest absolute Gasteiger partial charge is 0.206 e. The van der Waals surface area contributed by atoms with Gasteiger partial charge in [-0.25, -0.2) is 0 Å². The molecule has 0 bridgehead atoms. The largest absolute Gasteiger partial charge is 0.489 e. The molecule has 0 aliphatic carbocycles. The maximum atomic E-state index is 6.17. The summed E-state index contributed by atoms with van der Waals surface area (Å²) in [7, 11) is 1.67. The van der Waals surface area contributed by atoms with Crippen molar-refractivity contribution in [3.63, 3.8) is 0 Å². The van der Waals surface area contributed by atoms with Crippen LogP contribution in [0.3, 0.4) is 0 Å². The number of anilines is 1. The van der Waals surface area contributed by atoms with Gasteiger partial charge < -0.3 is 14.8 Å². The van der Waals surface area contributed by atoms with E-state index in [4.69, 9.17) is 21.1 Å². The van der Waals surface area contributed by atoms with Crippen LogP contribution in [0.5, 0.6) is 5.75 Å². The monoisotopic (exact) mass is 422 g/mol. The molecule has 0 saturated heterocycles. The van der Waals surface area contributed by atoms with Gasteiger partial charge in [0.1, 0.15) is 12.4 Å². The number of benzene rings is 1. The summed E-state index contributed by atoms with van der Waals surface area (Å²) in [6.07, 6.45) is 3.54. The summed E-state index contributed by atoms with van der Waals surface area (Å²) >= 11 is 9.28. The Morgan fingerprint density at radius 1 is 1.26 bits per heavy atom. The van der Waals surface area contributed by atoms with Gasteiger partial charge in [0, 0.05) is 48.0 Å². The normalized spacial score (nSPS) is 10.7. The van der Waals surface area contributed by atoms with Gasteiger partial charge in [-0.1, -0.05) is 40.8 Å². The van der Waals surface area contributed by atoms with E-state index < -0.39 is 0 Å². The highest BCUT2D eigenvalue weighted by Crippen LogP contribution is 2.33. The summed E-state index contributed by atoms with van der Waals surface area (Å²) in [4.78, 5) is 4.11. The third kappa shape index (κ3) is 6.35. The molecule has 2 heterocycles. The van der Waals surface area contributed by atoms with Gasteiger partial charge in [-0.15, -0.1) is 10.2 Å². The Labute approximate surface area is 171 Å². The molecule has 0 spiro atoms. The second kappa shape index (κ2) is 10.5. The number of ether oxygens (including phenoxy) is 2. The Morgan fingerprint density at radius 2 is 2.19 bits per heavy atom. The lowest BCUT2D eigenvalue weighted by atomic mass is 10.2. The van der Waals surface area contributed by atoms with Crippen molar-refractivity contribution in [1.29, 1.82) is 0 Å². The van der Waals surface area contributed by atoms with E-state index in [9.17, 15) is 0 Å². The minimum absolute atomic E-state index is 0.458. The molecule has 3 rings (SSSR count). The quantitative estimate of drug-likeness (QED) is 0.380. The number of hydrogen-bond donors (Lipinski definition) is 1. The number of pyridine rings is 1. The van der Waals surface area contributed by atoms with Gasteiger partial charge in [0.25, 0.3) is 0 Å². The lowest BCUT2D eigenvalue weighted by molar-refractivity contribution is 0.211. The lowest BCUT2D eigenvalue weighted by Crippen LogP contribution is -2.06. The summed E-state index contributed by atoms with van der Waals surface area (Å²) < 4.78 is 11.9. The highest BCUT2D eigenvalue weighted by molar-refractivity contribution is 8.00. The molecule has 0 amide bonds. The van der Waals surface area contributed by atoms with Crippen molar-refractivity contribution in [2.24, 2.45) is 0 Å². The maximum Gasteiger partial charge on any atom is 0.206 e. The molecule has 0 aliphatic rings. The van der Waals surface area contributed by atoms with Crippen molar-refractivity contribution in [1.82, 2.24) is 15.2 Å². The van der Waals surface area contributed by atoms with E-state index in [-0.39, 0.29) is 0 Å². The molecule has 9 heteroatoms.